The van der Waals surface area contributed by atoms with Gasteiger partial charge < -0.3 is 5.32 Å². The number of hydrogen-bond donors (Lipinski definition) is 1. The van der Waals surface area contributed by atoms with Gasteiger partial charge in [-0.25, -0.2) is 0 Å². The highest BCUT2D eigenvalue weighted by Gasteiger charge is 2.20. The first-order chi connectivity index (χ1) is 5.77. The van der Waals surface area contributed by atoms with Crippen molar-refractivity contribution >= 4 is 34.2 Å². The molecule has 1 saturated heterocycles. The van der Waals surface area contributed by atoms with Crippen LogP contribution >= 0.6 is 34.2 Å². The second-order valence-corrected chi connectivity index (χ2v) is 4.61. The Morgan fingerprint density at radius 1 is 1.50 bits per heavy atom. The van der Waals surface area contributed by atoms with E-state index < -0.39 is 0 Å². The lowest BCUT2D eigenvalue weighted by molar-refractivity contribution is 0.383. The van der Waals surface area contributed by atoms with Crippen molar-refractivity contribution in [3.63, 3.8) is 0 Å². The van der Waals surface area contributed by atoms with Crippen molar-refractivity contribution in [2.75, 3.05) is 6.54 Å². The van der Waals surface area contributed by atoms with Gasteiger partial charge in [0.05, 0.1) is 0 Å². The third-order valence-corrected chi connectivity index (χ3v) is 3.17. The maximum Gasteiger partial charge on any atom is 0.0454 e. The van der Waals surface area contributed by atoms with Crippen LogP contribution in [-0.4, -0.2) is 6.54 Å². The van der Waals surface area contributed by atoms with Crippen molar-refractivity contribution in [1.29, 1.82) is 0 Å². The lowest BCUT2D eigenvalue weighted by Gasteiger charge is -2.28. The Labute approximate surface area is 90.6 Å². The average molecular weight is 294 g/mol. The molecule has 0 radical (unpaired) electrons. The van der Waals surface area contributed by atoms with E-state index in [-0.39, 0.29) is 0 Å². The monoisotopic (exact) mass is 293 g/mol. The molecule has 3 heteroatoms. The van der Waals surface area contributed by atoms with Gasteiger partial charge in [-0.1, -0.05) is 11.6 Å². The molecule has 1 aromatic rings. The Morgan fingerprint density at radius 3 is 2.83 bits per heavy atom. The van der Waals surface area contributed by atoms with Crippen LogP contribution in [0.4, 0.5) is 0 Å². The second kappa shape index (κ2) is 3.52. The van der Waals surface area contributed by atoms with Gasteiger partial charge in [0.25, 0.3) is 0 Å². The highest BCUT2D eigenvalue weighted by molar-refractivity contribution is 14.1. The molecule has 1 nitrogen and oxygen atoms in total. The van der Waals surface area contributed by atoms with E-state index in [0.29, 0.717) is 6.04 Å². The second-order valence-electron chi connectivity index (χ2n) is 2.96. The molecule has 2 rings (SSSR count). The standard InChI is InChI=1S/C9H9ClIN/c10-8-2-1-6(11)5-7(8)9-3-4-12-9/h1-2,5,9,12H,3-4H2/t9-/m1/s1. The van der Waals surface area contributed by atoms with E-state index in [2.05, 4.69) is 34.0 Å². The van der Waals surface area contributed by atoms with Gasteiger partial charge in [-0.15, -0.1) is 0 Å². The van der Waals surface area contributed by atoms with Crippen molar-refractivity contribution in [2.24, 2.45) is 0 Å². The normalized spacial score (nSPS) is 22.0. The van der Waals surface area contributed by atoms with Gasteiger partial charge in [-0.3, -0.25) is 0 Å². The zero-order chi connectivity index (χ0) is 8.55. The molecule has 0 aliphatic carbocycles. The first-order valence-corrected chi connectivity index (χ1v) is 5.41. The molecular weight excluding hydrogens is 284 g/mol. The Bertz CT molecular complexity index is 297. The minimum absolute atomic E-state index is 0.493. The maximum absolute atomic E-state index is 6.06. The molecule has 0 aromatic heterocycles. The summed E-state index contributed by atoms with van der Waals surface area (Å²) in [6.45, 7) is 1.12. The lowest BCUT2D eigenvalue weighted by Crippen LogP contribution is -2.35. The van der Waals surface area contributed by atoms with E-state index in [4.69, 9.17) is 11.6 Å². The molecule has 0 spiro atoms. The molecule has 1 atom stereocenters. The van der Waals surface area contributed by atoms with Crippen LogP contribution < -0.4 is 5.32 Å². The van der Waals surface area contributed by atoms with E-state index in [1.54, 1.807) is 0 Å². The van der Waals surface area contributed by atoms with Crippen molar-refractivity contribution in [3.8, 4) is 0 Å². The van der Waals surface area contributed by atoms with Gasteiger partial charge in [0.2, 0.25) is 0 Å². The molecule has 1 N–H and O–H groups in total. The smallest absolute Gasteiger partial charge is 0.0454 e. The largest absolute Gasteiger partial charge is 0.310 e. The highest BCUT2D eigenvalue weighted by Crippen LogP contribution is 2.30. The van der Waals surface area contributed by atoms with Crippen LogP contribution in [0.1, 0.15) is 18.0 Å². The third-order valence-electron chi connectivity index (χ3n) is 2.16. The Balaban J connectivity index is 2.34. The minimum Gasteiger partial charge on any atom is -0.310 e. The summed E-state index contributed by atoms with van der Waals surface area (Å²) in [6, 6.07) is 6.65. The SMILES string of the molecule is Clc1ccc(I)cc1[C@H]1CCN1. The lowest BCUT2D eigenvalue weighted by atomic mass is 9.98. The van der Waals surface area contributed by atoms with Gasteiger partial charge in [-0.2, -0.15) is 0 Å². The number of nitrogens with one attached hydrogen (secondary N) is 1. The summed E-state index contributed by atoms with van der Waals surface area (Å²) >= 11 is 8.37. The van der Waals surface area contributed by atoms with Crippen molar-refractivity contribution in [1.82, 2.24) is 5.32 Å². The summed E-state index contributed by atoms with van der Waals surface area (Å²) < 4.78 is 1.25. The summed E-state index contributed by atoms with van der Waals surface area (Å²) in [5.74, 6) is 0. The number of benzene rings is 1. The molecule has 0 amide bonds. The Kier molecular flexibility index (Phi) is 2.57. The highest BCUT2D eigenvalue weighted by atomic mass is 127. The van der Waals surface area contributed by atoms with Gasteiger partial charge in [0.1, 0.15) is 0 Å². The van der Waals surface area contributed by atoms with E-state index in [0.717, 1.165) is 11.6 Å². The van der Waals surface area contributed by atoms with Gasteiger partial charge in [0.15, 0.2) is 0 Å². The number of halogens is 2. The minimum atomic E-state index is 0.493. The van der Waals surface area contributed by atoms with E-state index in [9.17, 15) is 0 Å². The quantitative estimate of drug-likeness (QED) is 0.785. The summed E-state index contributed by atoms with van der Waals surface area (Å²) in [6.07, 6.45) is 1.21. The molecule has 1 aliphatic heterocycles. The number of hydrogen-bond acceptors (Lipinski definition) is 1. The van der Waals surface area contributed by atoms with Gasteiger partial charge >= 0.3 is 0 Å². The van der Waals surface area contributed by atoms with Gasteiger partial charge in [-0.05, 0) is 59.3 Å². The van der Waals surface area contributed by atoms with Crippen molar-refractivity contribution in [2.45, 2.75) is 12.5 Å². The first-order valence-electron chi connectivity index (χ1n) is 3.96. The zero-order valence-electron chi connectivity index (χ0n) is 6.48. The van der Waals surface area contributed by atoms with Crippen molar-refractivity contribution in [3.05, 3.63) is 32.4 Å². The molecule has 12 heavy (non-hydrogen) atoms. The average Bonchev–Trinajstić information content (AvgIpc) is 1.93. The van der Waals surface area contributed by atoms with Crippen LogP contribution in [0, 0.1) is 3.57 Å². The number of rotatable bonds is 1. The van der Waals surface area contributed by atoms with Crippen LogP contribution in [0.25, 0.3) is 0 Å². The van der Waals surface area contributed by atoms with E-state index in [1.165, 1.54) is 15.6 Å². The van der Waals surface area contributed by atoms with E-state index >= 15 is 0 Å². The molecule has 1 aliphatic rings. The predicted octanol–water partition coefficient (Wildman–Crippen LogP) is 2.98. The fraction of sp³-hybridized carbons (Fsp3) is 0.333. The van der Waals surface area contributed by atoms with E-state index in [1.807, 2.05) is 12.1 Å². The first kappa shape index (κ1) is 8.78. The molecule has 64 valence electrons. The molecule has 1 heterocycles. The summed E-state index contributed by atoms with van der Waals surface area (Å²) in [4.78, 5) is 0. The van der Waals surface area contributed by atoms with Crippen LogP contribution in [0.15, 0.2) is 18.2 Å². The molecule has 1 aromatic carbocycles. The molecule has 1 fully saturated rings. The van der Waals surface area contributed by atoms with Gasteiger partial charge in [0, 0.05) is 14.6 Å². The van der Waals surface area contributed by atoms with Crippen LogP contribution in [0.3, 0.4) is 0 Å². The fourth-order valence-electron chi connectivity index (χ4n) is 1.34. The topological polar surface area (TPSA) is 12.0 Å². The Hall–Kier alpha value is 0.200. The third kappa shape index (κ3) is 1.60. The zero-order valence-corrected chi connectivity index (χ0v) is 9.39. The van der Waals surface area contributed by atoms with Crippen LogP contribution in [0.2, 0.25) is 5.02 Å². The molecule has 0 bridgehead atoms. The molecular formula is C9H9ClIN. The summed E-state index contributed by atoms with van der Waals surface area (Å²) in [5.41, 5.74) is 1.25. The summed E-state index contributed by atoms with van der Waals surface area (Å²) in [7, 11) is 0. The van der Waals surface area contributed by atoms with Crippen molar-refractivity contribution < 1.29 is 0 Å². The Morgan fingerprint density at radius 2 is 2.25 bits per heavy atom. The molecule has 0 saturated carbocycles. The summed E-state index contributed by atoms with van der Waals surface area (Å²) in [5, 5.41) is 4.22. The maximum atomic E-state index is 6.06. The van der Waals surface area contributed by atoms with Crippen LogP contribution in [0.5, 0.6) is 0 Å². The fourth-order valence-corrected chi connectivity index (χ4v) is 2.10. The predicted molar refractivity (Wildman–Crippen MR) is 59.5 cm³/mol. The molecule has 0 unspecified atom stereocenters. The van der Waals surface area contributed by atoms with Crippen LogP contribution in [-0.2, 0) is 0 Å².